The third-order valence-electron chi connectivity index (χ3n) is 3.55. The van der Waals surface area contributed by atoms with Crippen LogP contribution in [-0.2, 0) is 0 Å². The van der Waals surface area contributed by atoms with Crippen molar-refractivity contribution in [3.63, 3.8) is 0 Å². The maximum absolute atomic E-state index is 12.5. The number of rotatable bonds is 2. The summed E-state index contributed by atoms with van der Waals surface area (Å²) in [5.74, 6) is -0.348. The Hall–Kier alpha value is -2.25. The fraction of sp³-hybridized carbons (Fsp3) is 0.133. The fourth-order valence-electron chi connectivity index (χ4n) is 2.16. The van der Waals surface area contributed by atoms with Crippen LogP contribution in [-0.4, -0.2) is 15.6 Å². The van der Waals surface area contributed by atoms with Gasteiger partial charge in [-0.1, -0.05) is 12.1 Å². The summed E-state index contributed by atoms with van der Waals surface area (Å²) in [6.07, 6.45) is 0. The Morgan fingerprint density at radius 1 is 1.32 bits per heavy atom. The number of carbonyl (C=O) groups is 1. The van der Waals surface area contributed by atoms with Crippen LogP contribution in [0.2, 0.25) is 0 Å². The third-order valence-corrected chi connectivity index (χ3v) is 4.85. The number of hydrogen-bond donors (Lipinski definition) is 2. The van der Waals surface area contributed by atoms with Crippen LogP contribution in [0.4, 0.5) is 0 Å². The highest BCUT2D eigenvalue weighted by Crippen LogP contribution is 2.20. The van der Waals surface area contributed by atoms with E-state index in [0.717, 1.165) is 15.1 Å². The van der Waals surface area contributed by atoms with Gasteiger partial charge in [0, 0.05) is 10.3 Å². The van der Waals surface area contributed by atoms with E-state index in [2.05, 4.69) is 10.4 Å². The van der Waals surface area contributed by atoms with Crippen molar-refractivity contribution in [2.75, 3.05) is 5.43 Å². The molecule has 0 saturated carbocycles. The molecule has 0 aliphatic carbocycles. The molecule has 2 heterocycles. The number of thiophene rings is 1. The zero-order valence-corrected chi connectivity index (χ0v) is 13.6. The molecule has 0 unspecified atom stereocenters. The van der Waals surface area contributed by atoms with E-state index in [-0.39, 0.29) is 16.2 Å². The van der Waals surface area contributed by atoms with Gasteiger partial charge < -0.3 is 4.98 Å². The van der Waals surface area contributed by atoms with Crippen LogP contribution in [0, 0.1) is 18.6 Å². The van der Waals surface area contributed by atoms with Crippen molar-refractivity contribution < 1.29 is 4.79 Å². The van der Waals surface area contributed by atoms with Gasteiger partial charge in [0.25, 0.3) is 11.5 Å². The van der Waals surface area contributed by atoms with Gasteiger partial charge in [0.2, 0.25) is 0 Å². The lowest BCUT2D eigenvalue weighted by Gasteiger charge is -2.09. The monoisotopic (exact) mass is 331 g/mol. The minimum absolute atomic E-state index is 0.154. The smallest absolute Gasteiger partial charge is 0.281 e. The van der Waals surface area contributed by atoms with Gasteiger partial charge in [-0.05, 0) is 43.8 Å². The number of benzene rings is 1. The maximum Gasteiger partial charge on any atom is 0.281 e. The SMILES string of the molecule is Cc1scc(C(=O)Nn2c(=S)[nH]c3ccccc3c2=O)c1C. The zero-order valence-electron chi connectivity index (χ0n) is 12.0. The van der Waals surface area contributed by atoms with Gasteiger partial charge in [-0.25, -0.2) is 0 Å². The first-order valence-electron chi connectivity index (χ1n) is 6.59. The van der Waals surface area contributed by atoms with Gasteiger partial charge in [-0.15, -0.1) is 11.3 Å². The van der Waals surface area contributed by atoms with E-state index in [9.17, 15) is 9.59 Å². The highest BCUT2D eigenvalue weighted by Gasteiger charge is 2.14. The number of nitrogens with zero attached hydrogens (tertiary/aromatic N) is 1. The molecule has 0 radical (unpaired) electrons. The second-order valence-corrected chi connectivity index (χ2v) is 6.36. The first-order valence-corrected chi connectivity index (χ1v) is 7.88. The standard InChI is InChI=1S/C15H13N3O2S2/c1-8-9(2)22-7-11(8)13(19)17-18-14(20)10-5-3-4-6-12(10)16-15(18)21/h3-7H,1-2H3,(H,16,21)(H,17,19). The number of aryl methyl sites for hydroxylation is 1. The Balaban J connectivity index is 2.08. The fourth-order valence-corrected chi connectivity index (χ4v) is 3.27. The third kappa shape index (κ3) is 2.38. The Labute approximate surface area is 135 Å². The molecule has 0 saturated heterocycles. The molecule has 112 valence electrons. The predicted octanol–water partition coefficient (Wildman–Crippen LogP) is 3.12. The summed E-state index contributed by atoms with van der Waals surface area (Å²) in [7, 11) is 0. The summed E-state index contributed by atoms with van der Waals surface area (Å²) < 4.78 is 1.23. The predicted molar refractivity (Wildman–Crippen MR) is 90.9 cm³/mol. The summed E-state index contributed by atoms with van der Waals surface area (Å²) in [6.45, 7) is 3.83. The lowest BCUT2D eigenvalue weighted by molar-refractivity contribution is 0.101. The van der Waals surface area contributed by atoms with E-state index in [0.29, 0.717) is 16.5 Å². The van der Waals surface area contributed by atoms with Crippen LogP contribution in [0.5, 0.6) is 0 Å². The molecule has 3 aromatic rings. The van der Waals surface area contributed by atoms with Gasteiger partial charge in [0.1, 0.15) is 0 Å². The first-order chi connectivity index (χ1) is 10.5. The van der Waals surface area contributed by atoms with Crippen molar-refractivity contribution in [2.24, 2.45) is 0 Å². The molecule has 7 heteroatoms. The first kappa shape index (κ1) is 14.7. The molecule has 2 N–H and O–H groups in total. The lowest BCUT2D eigenvalue weighted by atomic mass is 10.2. The number of nitrogens with one attached hydrogen (secondary N) is 2. The normalized spacial score (nSPS) is 10.8. The summed E-state index contributed by atoms with van der Waals surface area (Å²) in [5, 5.41) is 2.24. The summed E-state index contributed by atoms with van der Waals surface area (Å²) in [4.78, 5) is 28.8. The van der Waals surface area contributed by atoms with Gasteiger partial charge in [0.05, 0.1) is 16.5 Å². The molecule has 1 amide bonds. The van der Waals surface area contributed by atoms with Gasteiger partial charge in [0.15, 0.2) is 4.77 Å². The number of para-hydroxylation sites is 1. The van der Waals surface area contributed by atoms with E-state index in [1.807, 2.05) is 19.9 Å². The molecule has 0 spiro atoms. The average Bonchev–Trinajstić information content (AvgIpc) is 2.83. The maximum atomic E-state index is 12.5. The average molecular weight is 331 g/mol. The van der Waals surface area contributed by atoms with Crippen LogP contribution in [0.25, 0.3) is 10.9 Å². The van der Waals surface area contributed by atoms with E-state index in [4.69, 9.17) is 12.2 Å². The van der Waals surface area contributed by atoms with Crippen molar-refractivity contribution in [3.05, 3.63) is 60.8 Å². The molecule has 5 nitrogen and oxygen atoms in total. The van der Waals surface area contributed by atoms with Crippen molar-refractivity contribution >= 4 is 40.4 Å². The summed E-state index contributed by atoms with van der Waals surface area (Å²) >= 11 is 6.67. The molecule has 0 atom stereocenters. The molecular formula is C15H13N3O2S2. The lowest BCUT2D eigenvalue weighted by Crippen LogP contribution is -2.34. The number of carbonyl (C=O) groups excluding carboxylic acids is 1. The molecule has 22 heavy (non-hydrogen) atoms. The van der Waals surface area contributed by atoms with Gasteiger partial charge in [-0.2, -0.15) is 4.68 Å². The molecule has 0 fully saturated rings. The van der Waals surface area contributed by atoms with Gasteiger partial charge in [-0.3, -0.25) is 15.0 Å². The Morgan fingerprint density at radius 2 is 2.05 bits per heavy atom. The van der Waals surface area contributed by atoms with Crippen LogP contribution in [0.3, 0.4) is 0 Å². The van der Waals surface area contributed by atoms with Crippen LogP contribution in [0.1, 0.15) is 20.8 Å². The highest BCUT2D eigenvalue weighted by atomic mass is 32.1. The van der Waals surface area contributed by atoms with Gasteiger partial charge >= 0.3 is 0 Å². The number of hydrogen-bond acceptors (Lipinski definition) is 4. The molecule has 0 aliphatic heterocycles. The molecule has 1 aromatic carbocycles. The Morgan fingerprint density at radius 3 is 2.73 bits per heavy atom. The molecule has 0 aliphatic rings. The van der Waals surface area contributed by atoms with Crippen molar-refractivity contribution in [1.82, 2.24) is 9.66 Å². The molecule has 2 aromatic heterocycles. The highest BCUT2D eigenvalue weighted by molar-refractivity contribution is 7.71. The van der Waals surface area contributed by atoms with Crippen molar-refractivity contribution in [1.29, 1.82) is 0 Å². The topological polar surface area (TPSA) is 66.9 Å². The number of fused-ring (bicyclic) bond motifs is 1. The number of H-pyrrole nitrogens is 1. The number of aromatic nitrogens is 2. The number of amides is 1. The molecule has 3 rings (SSSR count). The summed E-state index contributed by atoms with van der Waals surface area (Å²) in [6, 6.07) is 7.03. The van der Waals surface area contributed by atoms with E-state index in [1.54, 1.807) is 23.6 Å². The minimum atomic E-state index is -0.350. The van der Waals surface area contributed by atoms with E-state index < -0.39 is 0 Å². The van der Waals surface area contributed by atoms with E-state index >= 15 is 0 Å². The van der Waals surface area contributed by atoms with E-state index in [1.165, 1.54) is 11.3 Å². The molecular weight excluding hydrogens is 318 g/mol. The quantitative estimate of drug-likeness (QED) is 0.709. The van der Waals surface area contributed by atoms with Crippen LogP contribution < -0.4 is 11.0 Å². The van der Waals surface area contributed by atoms with Crippen molar-refractivity contribution in [3.8, 4) is 0 Å². The zero-order chi connectivity index (χ0) is 15.9. The van der Waals surface area contributed by atoms with Crippen molar-refractivity contribution in [2.45, 2.75) is 13.8 Å². The molecule has 0 bridgehead atoms. The minimum Gasteiger partial charge on any atom is -0.330 e. The number of aromatic amines is 1. The Kier molecular flexibility index (Phi) is 3.67. The van der Waals surface area contributed by atoms with Crippen LogP contribution in [0.15, 0.2) is 34.4 Å². The largest absolute Gasteiger partial charge is 0.330 e. The Bertz CT molecular complexity index is 998. The second-order valence-electron chi connectivity index (χ2n) is 4.89. The summed E-state index contributed by atoms with van der Waals surface area (Å²) in [5.41, 5.74) is 4.33. The van der Waals surface area contributed by atoms with Crippen LogP contribution >= 0.6 is 23.6 Å². The second kappa shape index (κ2) is 5.51.